The molecule has 6 nitrogen and oxygen atoms in total. The molecule has 7 heteroatoms. The highest BCUT2D eigenvalue weighted by Gasteiger charge is 2.29. The standard InChI is InChI=1S/C20H30N4O2.ClH/c1-5-20(6-2,14-21)22-19(25)18-17(26-13-15(3)4)12-24(23-18)16-10-8-7-9-11-16;/h7-12,15H,5-6,13-14,21H2,1-4H3,(H,22,25);1H. The van der Waals surface area contributed by atoms with E-state index in [1.165, 1.54) is 0 Å². The van der Waals surface area contributed by atoms with Crippen LogP contribution in [0.2, 0.25) is 0 Å². The van der Waals surface area contributed by atoms with E-state index >= 15 is 0 Å². The summed E-state index contributed by atoms with van der Waals surface area (Å²) in [5.41, 5.74) is 6.65. The zero-order valence-electron chi connectivity index (χ0n) is 16.6. The molecule has 0 fully saturated rings. The summed E-state index contributed by atoms with van der Waals surface area (Å²) in [6.07, 6.45) is 3.27. The van der Waals surface area contributed by atoms with Crippen molar-refractivity contribution in [1.82, 2.24) is 15.1 Å². The lowest BCUT2D eigenvalue weighted by Gasteiger charge is -2.31. The summed E-state index contributed by atoms with van der Waals surface area (Å²) in [5.74, 6) is 0.575. The van der Waals surface area contributed by atoms with Gasteiger partial charge in [0, 0.05) is 6.54 Å². The first-order valence-electron chi connectivity index (χ1n) is 9.25. The van der Waals surface area contributed by atoms with Crippen LogP contribution < -0.4 is 15.8 Å². The number of nitrogens with one attached hydrogen (secondary N) is 1. The minimum Gasteiger partial charge on any atom is -0.489 e. The lowest BCUT2D eigenvalue weighted by molar-refractivity contribution is 0.0885. The maximum Gasteiger partial charge on any atom is 0.276 e. The molecular formula is C20H31ClN4O2. The van der Waals surface area contributed by atoms with Crippen LogP contribution in [0.15, 0.2) is 36.5 Å². The minimum absolute atomic E-state index is 0. The first-order valence-corrected chi connectivity index (χ1v) is 9.25. The van der Waals surface area contributed by atoms with E-state index in [0.29, 0.717) is 24.8 Å². The van der Waals surface area contributed by atoms with Crippen LogP contribution in [-0.4, -0.2) is 34.4 Å². The van der Waals surface area contributed by atoms with Gasteiger partial charge < -0.3 is 15.8 Å². The molecular weight excluding hydrogens is 364 g/mol. The Morgan fingerprint density at radius 1 is 1.26 bits per heavy atom. The van der Waals surface area contributed by atoms with Crippen LogP contribution in [0.5, 0.6) is 5.75 Å². The normalized spacial score (nSPS) is 11.2. The van der Waals surface area contributed by atoms with Gasteiger partial charge in [-0.05, 0) is 30.9 Å². The second-order valence-corrected chi connectivity index (χ2v) is 6.97. The molecule has 0 saturated heterocycles. The van der Waals surface area contributed by atoms with E-state index in [1.54, 1.807) is 10.9 Å². The lowest BCUT2D eigenvalue weighted by Crippen LogP contribution is -2.53. The summed E-state index contributed by atoms with van der Waals surface area (Å²) in [7, 11) is 0. The van der Waals surface area contributed by atoms with Crippen molar-refractivity contribution in [2.24, 2.45) is 11.7 Å². The number of carbonyl (C=O) groups is 1. The van der Waals surface area contributed by atoms with Crippen LogP contribution in [-0.2, 0) is 0 Å². The van der Waals surface area contributed by atoms with Crippen molar-refractivity contribution in [2.45, 2.75) is 46.1 Å². The highest BCUT2D eigenvalue weighted by molar-refractivity contribution is 5.95. The third-order valence-corrected chi connectivity index (χ3v) is 4.61. The van der Waals surface area contributed by atoms with Crippen LogP contribution >= 0.6 is 12.4 Å². The Kier molecular flexibility index (Phi) is 8.79. The number of para-hydroxylation sites is 1. The van der Waals surface area contributed by atoms with Crippen molar-refractivity contribution < 1.29 is 9.53 Å². The van der Waals surface area contributed by atoms with Crippen molar-refractivity contribution >= 4 is 18.3 Å². The van der Waals surface area contributed by atoms with Crippen LogP contribution in [0.1, 0.15) is 51.0 Å². The quantitative estimate of drug-likeness (QED) is 0.681. The Morgan fingerprint density at radius 3 is 2.41 bits per heavy atom. The summed E-state index contributed by atoms with van der Waals surface area (Å²) < 4.78 is 7.54. The molecule has 1 aromatic carbocycles. The smallest absolute Gasteiger partial charge is 0.276 e. The third kappa shape index (κ3) is 5.71. The van der Waals surface area contributed by atoms with E-state index in [4.69, 9.17) is 10.5 Å². The molecule has 0 bridgehead atoms. The number of hydrogen-bond donors (Lipinski definition) is 2. The molecule has 2 aromatic rings. The van der Waals surface area contributed by atoms with E-state index in [-0.39, 0.29) is 24.0 Å². The van der Waals surface area contributed by atoms with E-state index in [9.17, 15) is 4.79 Å². The van der Waals surface area contributed by atoms with Crippen molar-refractivity contribution in [3.8, 4) is 11.4 Å². The van der Waals surface area contributed by atoms with Gasteiger partial charge in [-0.15, -0.1) is 12.4 Å². The second kappa shape index (κ2) is 10.3. The molecule has 1 amide bonds. The Balaban J connectivity index is 0.00000364. The van der Waals surface area contributed by atoms with Crippen molar-refractivity contribution in [3.63, 3.8) is 0 Å². The third-order valence-electron chi connectivity index (χ3n) is 4.61. The lowest BCUT2D eigenvalue weighted by atomic mass is 9.93. The number of hydrogen-bond acceptors (Lipinski definition) is 4. The van der Waals surface area contributed by atoms with E-state index < -0.39 is 5.54 Å². The van der Waals surface area contributed by atoms with E-state index in [0.717, 1.165) is 18.5 Å². The first-order chi connectivity index (χ1) is 12.4. The summed E-state index contributed by atoms with van der Waals surface area (Å²) in [4.78, 5) is 12.9. The number of aromatic nitrogens is 2. The highest BCUT2D eigenvalue weighted by atomic mass is 35.5. The molecule has 1 heterocycles. The number of rotatable bonds is 9. The molecule has 0 aliphatic rings. The number of benzene rings is 1. The molecule has 2 rings (SSSR count). The fourth-order valence-electron chi connectivity index (χ4n) is 2.66. The minimum atomic E-state index is -0.428. The van der Waals surface area contributed by atoms with Gasteiger partial charge in [-0.1, -0.05) is 45.9 Å². The SMILES string of the molecule is CCC(CC)(CN)NC(=O)c1nn(-c2ccccc2)cc1OCC(C)C.Cl. The molecule has 1 aromatic heterocycles. The predicted octanol–water partition coefficient (Wildman–Crippen LogP) is 3.58. The average Bonchev–Trinajstić information content (AvgIpc) is 3.09. The van der Waals surface area contributed by atoms with Crippen LogP contribution in [0.25, 0.3) is 5.69 Å². The van der Waals surface area contributed by atoms with Gasteiger partial charge in [0.2, 0.25) is 0 Å². The van der Waals surface area contributed by atoms with Gasteiger partial charge in [0.15, 0.2) is 11.4 Å². The monoisotopic (exact) mass is 394 g/mol. The van der Waals surface area contributed by atoms with E-state index in [2.05, 4.69) is 24.3 Å². The summed E-state index contributed by atoms with van der Waals surface area (Å²) in [5, 5.41) is 7.55. The fraction of sp³-hybridized carbons (Fsp3) is 0.500. The van der Waals surface area contributed by atoms with Gasteiger partial charge in [0.25, 0.3) is 5.91 Å². The number of carbonyl (C=O) groups excluding carboxylic acids is 1. The number of nitrogens with zero attached hydrogens (tertiary/aromatic N) is 2. The average molecular weight is 395 g/mol. The predicted molar refractivity (Wildman–Crippen MR) is 111 cm³/mol. The molecule has 0 radical (unpaired) electrons. The Morgan fingerprint density at radius 2 is 1.89 bits per heavy atom. The summed E-state index contributed by atoms with van der Waals surface area (Å²) in [6, 6.07) is 9.67. The Labute approximate surface area is 167 Å². The Hall–Kier alpha value is -2.05. The van der Waals surface area contributed by atoms with Crippen molar-refractivity contribution in [2.75, 3.05) is 13.2 Å². The zero-order chi connectivity index (χ0) is 19.2. The van der Waals surface area contributed by atoms with Crippen molar-refractivity contribution in [3.05, 3.63) is 42.2 Å². The van der Waals surface area contributed by atoms with Crippen molar-refractivity contribution in [1.29, 1.82) is 0 Å². The molecule has 0 unspecified atom stereocenters. The first kappa shape index (κ1) is 23.0. The number of amides is 1. The van der Waals surface area contributed by atoms with Crippen LogP contribution in [0.3, 0.4) is 0 Å². The molecule has 3 N–H and O–H groups in total. The highest BCUT2D eigenvalue weighted by Crippen LogP contribution is 2.22. The topological polar surface area (TPSA) is 82.2 Å². The number of ether oxygens (including phenoxy) is 1. The molecule has 150 valence electrons. The van der Waals surface area contributed by atoms with Crippen LogP contribution in [0, 0.1) is 5.92 Å². The van der Waals surface area contributed by atoms with E-state index in [1.807, 2.05) is 44.2 Å². The van der Waals surface area contributed by atoms with Gasteiger partial charge in [-0.3, -0.25) is 4.79 Å². The largest absolute Gasteiger partial charge is 0.489 e. The molecule has 0 saturated carbocycles. The number of halogens is 1. The second-order valence-electron chi connectivity index (χ2n) is 6.97. The Bertz CT molecular complexity index is 704. The summed E-state index contributed by atoms with van der Waals surface area (Å²) >= 11 is 0. The van der Waals surface area contributed by atoms with Gasteiger partial charge in [0.05, 0.1) is 24.0 Å². The van der Waals surface area contributed by atoms with Gasteiger partial charge in [-0.2, -0.15) is 5.10 Å². The maximum absolute atomic E-state index is 12.9. The van der Waals surface area contributed by atoms with Crippen LogP contribution in [0.4, 0.5) is 0 Å². The zero-order valence-corrected chi connectivity index (χ0v) is 17.4. The summed E-state index contributed by atoms with van der Waals surface area (Å²) in [6.45, 7) is 9.08. The molecule has 0 aliphatic carbocycles. The van der Waals surface area contributed by atoms with Gasteiger partial charge in [0.1, 0.15) is 0 Å². The fourth-order valence-corrected chi connectivity index (χ4v) is 2.66. The molecule has 27 heavy (non-hydrogen) atoms. The van der Waals surface area contributed by atoms with Gasteiger partial charge in [-0.25, -0.2) is 4.68 Å². The number of nitrogens with two attached hydrogens (primary N) is 1. The molecule has 0 atom stereocenters. The maximum atomic E-state index is 12.9. The van der Waals surface area contributed by atoms with Gasteiger partial charge >= 0.3 is 0 Å². The molecule has 0 spiro atoms. The molecule has 0 aliphatic heterocycles.